The number of nitrogens with zero attached hydrogens (tertiary/aromatic N) is 1. The number of carbonyl (C=O) groups is 3. The van der Waals surface area contributed by atoms with Gasteiger partial charge < -0.3 is 10.1 Å². The van der Waals surface area contributed by atoms with Gasteiger partial charge in [-0.1, -0.05) is 42.5 Å². The van der Waals surface area contributed by atoms with Crippen molar-refractivity contribution in [3.63, 3.8) is 0 Å². The van der Waals surface area contributed by atoms with Gasteiger partial charge in [-0.3, -0.25) is 24.5 Å². The molecule has 0 bridgehead atoms. The van der Waals surface area contributed by atoms with Gasteiger partial charge >= 0.3 is 5.97 Å². The highest BCUT2D eigenvalue weighted by atomic mass is 16.6. The summed E-state index contributed by atoms with van der Waals surface area (Å²) in [4.78, 5) is 46.2. The predicted molar refractivity (Wildman–Crippen MR) is 110 cm³/mol. The molecule has 0 aliphatic carbocycles. The molecule has 152 valence electrons. The van der Waals surface area contributed by atoms with E-state index in [9.17, 15) is 24.5 Å². The summed E-state index contributed by atoms with van der Waals surface area (Å²) in [6.45, 7) is -0.413. The van der Waals surface area contributed by atoms with Crippen LogP contribution in [0.5, 0.6) is 0 Å². The van der Waals surface area contributed by atoms with Gasteiger partial charge in [0.15, 0.2) is 12.4 Å². The fourth-order valence-electron chi connectivity index (χ4n) is 2.80. The molecule has 8 heteroatoms. The number of anilines is 1. The molecule has 0 atom stereocenters. The number of hydrogen-bond acceptors (Lipinski definition) is 6. The van der Waals surface area contributed by atoms with E-state index in [0.29, 0.717) is 5.56 Å². The molecular weight excluding hydrogens is 388 g/mol. The van der Waals surface area contributed by atoms with Crippen molar-refractivity contribution in [3.05, 3.63) is 82.4 Å². The first-order chi connectivity index (χ1) is 14.4. The first kappa shape index (κ1) is 20.7. The fourth-order valence-corrected chi connectivity index (χ4v) is 2.80. The Morgan fingerprint density at radius 2 is 1.67 bits per heavy atom. The van der Waals surface area contributed by atoms with Crippen molar-refractivity contribution in [1.82, 2.24) is 0 Å². The number of rotatable bonds is 8. The van der Waals surface area contributed by atoms with Crippen LogP contribution in [0.15, 0.2) is 66.7 Å². The van der Waals surface area contributed by atoms with Gasteiger partial charge in [-0.25, -0.2) is 0 Å². The van der Waals surface area contributed by atoms with Crippen LogP contribution in [-0.2, 0) is 14.3 Å². The lowest BCUT2D eigenvalue weighted by Crippen LogP contribution is -2.17. The van der Waals surface area contributed by atoms with E-state index in [0.717, 1.165) is 10.8 Å². The Kier molecular flexibility index (Phi) is 6.49. The average molecular weight is 406 g/mol. The SMILES string of the molecule is O=C(CCC(=O)OCC(=O)c1ccc2ccccc2c1)Nc1cccc([N+](=O)[O-])c1. The van der Waals surface area contributed by atoms with Crippen molar-refractivity contribution < 1.29 is 24.0 Å². The van der Waals surface area contributed by atoms with Crippen LogP contribution in [0.4, 0.5) is 11.4 Å². The molecule has 1 amide bonds. The van der Waals surface area contributed by atoms with E-state index in [1.807, 2.05) is 30.3 Å². The minimum atomic E-state index is -0.682. The number of ketones is 1. The summed E-state index contributed by atoms with van der Waals surface area (Å²) in [6, 6.07) is 18.3. The smallest absolute Gasteiger partial charge is 0.306 e. The molecule has 30 heavy (non-hydrogen) atoms. The lowest BCUT2D eigenvalue weighted by Gasteiger charge is -2.07. The molecule has 3 rings (SSSR count). The van der Waals surface area contributed by atoms with E-state index in [1.54, 1.807) is 12.1 Å². The van der Waals surface area contributed by atoms with Gasteiger partial charge in [0.1, 0.15) is 0 Å². The second-order valence-corrected chi connectivity index (χ2v) is 6.50. The zero-order valence-electron chi connectivity index (χ0n) is 15.9. The van der Waals surface area contributed by atoms with E-state index in [1.165, 1.54) is 24.3 Å². The monoisotopic (exact) mass is 406 g/mol. The van der Waals surface area contributed by atoms with Crippen molar-refractivity contribution >= 4 is 39.8 Å². The van der Waals surface area contributed by atoms with E-state index < -0.39 is 23.4 Å². The molecule has 3 aromatic carbocycles. The number of nitro benzene ring substituents is 1. The largest absolute Gasteiger partial charge is 0.457 e. The molecule has 8 nitrogen and oxygen atoms in total. The van der Waals surface area contributed by atoms with Gasteiger partial charge in [0, 0.05) is 29.8 Å². The topological polar surface area (TPSA) is 116 Å². The van der Waals surface area contributed by atoms with Crippen LogP contribution in [0.25, 0.3) is 10.8 Å². The number of non-ortho nitro benzene ring substituents is 1. The van der Waals surface area contributed by atoms with Crippen molar-refractivity contribution in [1.29, 1.82) is 0 Å². The van der Waals surface area contributed by atoms with Gasteiger partial charge in [-0.2, -0.15) is 0 Å². The fraction of sp³-hybridized carbons (Fsp3) is 0.136. The summed E-state index contributed by atoms with van der Waals surface area (Å²) >= 11 is 0. The van der Waals surface area contributed by atoms with E-state index in [-0.39, 0.29) is 30.0 Å². The van der Waals surface area contributed by atoms with Crippen LogP contribution in [0.2, 0.25) is 0 Å². The van der Waals surface area contributed by atoms with Crippen LogP contribution >= 0.6 is 0 Å². The van der Waals surface area contributed by atoms with Crippen molar-refractivity contribution in [2.24, 2.45) is 0 Å². The lowest BCUT2D eigenvalue weighted by molar-refractivity contribution is -0.384. The standard InChI is InChI=1S/C22H18N2O6/c25-20(17-9-8-15-4-1-2-5-16(15)12-17)14-30-22(27)11-10-21(26)23-18-6-3-7-19(13-18)24(28)29/h1-9,12-13H,10-11,14H2,(H,23,26). The van der Waals surface area contributed by atoms with E-state index in [4.69, 9.17) is 4.74 Å². The number of esters is 1. The van der Waals surface area contributed by atoms with Crippen LogP contribution in [0.3, 0.4) is 0 Å². The normalized spacial score (nSPS) is 10.4. The zero-order valence-corrected chi connectivity index (χ0v) is 15.9. The minimum absolute atomic E-state index is 0.153. The first-order valence-corrected chi connectivity index (χ1v) is 9.14. The summed E-state index contributed by atoms with van der Waals surface area (Å²) in [5.74, 6) is -1.51. The second-order valence-electron chi connectivity index (χ2n) is 6.50. The van der Waals surface area contributed by atoms with E-state index in [2.05, 4.69) is 5.32 Å². The number of Topliss-reactive ketones (excluding diaryl/α,β-unsaturated/α-hetero) is 1. The van der Waals surface area contributed by atoms with Crippen LogP contribution < -0.4 is 5.32 Å². The number of benzene rings is 3. The Morgan fingerprint density at radius 3 is 2.43 bits per heavy atom. The molecule has 0 aliphatic heterocycles. The van der Waals surface area contributed by atoms with Crippen LogP contribution in [0.1, 0.15) is 23.2 Å². The molecular formula is C22H18N2O6. The van der Waals surface area contributed by atoms with Gasteiger partial charge in [-0.15, -0.1) is 0 Å². The summed E-state index contributed by atoms with van der Waals surface area (Å²) in [5.41, 5.74) is 0.540. The number of fused-ring (bicyclic) bond motifs is 1. The Balaban J connectivity index is 1.46. The Morgan fingerprint density at radius 1 is 0.900 bits per heavy atom. The molecule has 3 aromatic rings. The summed E-state index contributed by atoms with van der Waals surface area (Å²) in [5, 5.41) is 15.1. The molecule has 0 saturated carbocycles. The van der Waals surface area contributed by atoms with Gasteiger partial charge in [0.05, 0.1) is 11.3 Å². The molecule has 0 aromatic heterocycles. The number of carbonyl (C=O) groups excluding carboxylic acids is 3. The maximum atomic E-state index is 12.2. The Labute approximate surface area is 171 Å². The third-order valence-corrected chi connectivity index (χ3v) is 4.33. The van der Waals surface area contributed by atoms with Crippen LogP contribution in [0, 0.1) is 10.1 Å². The summed E-state index contributed by atoms with van der Waals surface area (Å²) in [6.07, 6.45) is -0.391. The molecule has 0 fully saturated rings. The molecule has 0 radical (unpaired) electrons. The third kappa shape index (κ3) is 5.48. The highest BCUT2D eigenvalue weighted by Gasteiger charge is 2.13. The summed E-state index contributed by atoms with van der Waals surface area (Å²) < 4.78 is 4.96. The quantitative estimate of drug-likeness (QED) is 0.263. The van der Waals surface area contributed by atoms with Gasteiger partial charge in [-0.05, 0) is 22.9 Å². The average Bonchev–Trinajstić information content (AvgIpc) is 2.75. The van der Waals surface area contributed by atoms with Gasteiger partial charge in [0.25, 0.3) is 5.69 Å². The number of nitrogens with one attached hydrogen (secondary N) is 1. The first-order valence-electron chi connectivity index (χ1n) is 9.14. The highest BCUT2D eigenvalue weighted by Crippen LogP contribution is 2.18. The molecule has 0 unspecified atom stereocenters. The number of hydrogen-bond donors (Lipinski definition) is 1. The van der Waals surface area contributed by atoms with E-state index >= 15 is 0 Å². The predicted octanol–water partition coefficient (Wildman–Crippen LogP) is 3.89. The molecule has 0 saturated heterocycles. The molecule has 1 N–H and O–H groups in total. The van der Waals surface area contributed by atoms with Crippen molar-refractivity contribution in [3.8, 4) is 0 Å². The Bertz CT molecular complexity index is 1130. The van der Waals surface area contributed by atoms with Crippen molar-refractivity contribution in [2.45, 2.75) is 12.8 Å². The molecule has 0 heterocycles. The molecule has 0 aliphatic rings. The highest BCUT2D eigenvalue weighted by molar-refractivity contribution is 6.01. The molecule has 0 spiro atoms. The number of nitro groups is 1. The summed E-state index contributed by atoms with van der Waals surface area (Å²) in [7, 11) is 0. The number of ether oxygens (including phenoxy) is 1. The Hall–Kier alpha value is -4.07. The minimum Gasteiger partial charge on any atom is -0.457 e. The van der Waals surface area contributed by atoms with Gasteiger partial charge in [0.2, 0.25) is 5.91 Å². The number of amides is 1. The third-order valence-electron chi connectivity index (χ3n) is 4.33. The second kappa shape index (κ2) is 9.42. The maximum absolute atomic E-state index is 12.2. The lowest BCUT2D eigenvalue weighted by atomic mass is 10.0. The zero-order chi connectivity index (χ0) is 21.5. The van der Waals surface area contributed by atoms with Crippen LogP contribution in [-0.4, -0.2) is 29.2 Å². The maximum Gasteiger partial charge on any atom is 0.306 e. The van der Waals surface area contributed by atoms with Crippen molar-refractivity contribution in [2.75, 3.05) is 11.9 Å².